The van der Waals surface area contributed by atoms with Crippen LogP contribution in [0.1, 0.15) is 54.8 Å². The number of likely N-dealkylation sites (tertiary alicyclic amines) is 1. The summed E-state index contributed by atoms with van der Waals surface area (Å²) in [5, 5.41) is 6.99. The molecular weight excluding hydrogens is 440 g/mol. The highest BCUT2D eigenvalue weighted by molar-refractivity contribution is 5.96. The lowest BCUT2D eigenvalue weighted by molar-refractivity contribution is -0.119. The molecule has 0 radical (unpaired) electrons. The normalized spacial score (nSPS) is 24.9. The third kappa shape index (κ3) is 5.07. The first-order valence-corrected chi connectivity index (χ1v) is 12.8. The molecule has 3 aliphatic heterocycles. The maximum absolute atomic E-state index is 12.3. The molecule has 2 saturated heterocycles. The predicted molar refractivity (Wildman–Crippen MR) is 137 cm³/mol. The topological polar surface area (TPSA) is 73.9 Å². The standard InChI is InChI=1S/C28H36N4O3/c1-31-24-15-21(25(35-2)16-20(24)10-13-27(31)34)17-29-23-9-6-14-32(18-22-11-12-26(33)30-22)28(23)19-7-4-3-5-8-19/h3-5,7-8,15-16,22-23,28-29H,6,9-14,17-18H2,1-2H3,(H,30,33)/t22?,23-,28-/m0/s1. The Balaban J connectivity index is 1.37. The van der Waals surface area contributed by atoms with Crippen LogP contribution in [0.4, 0.5) is 5.69 Å². The molecule has 1 unspecified atom stereocenters. The fourth-order valence-electron chi connectivity index (χ4n) is 5.95. The van der Waals surface area contributed by atoms with E-state index < -0.39 is 0 Å². The van der Waals surface area contributed by atoms with Crippen LogP contribution in [0.15, 0.2) is 42.5 Å². The predicted octanol–water partition coefficient (Wildman–Crippen LogP) is 3.18. The molecule has 2 fully saturated rings. The van der Waals surface area contributed by atoms with Crippen molar-refractivity contribution in [2.45, 2.75) is 63.2 Å². The van der Waals surface area contributed by atoms with Crippen LogP contribution in [0.3, 0.4) is 0 Å². The van der Waals surface area contributed by atoms with Gasteiger partial charge in [0.1, 0.15) is 5.75 Å². The number of ether oxygens (including phenoxy) is 1. The van der Waals surface area contributed by atoms with Crippen molar-refractivity contribution < 1.29 is 14.3 Å². The van der Waals surface area contributed by atoms with E-state index in [9.17, 15) is 9.59 Å². The number of carbonyl (C=O) groups excluding carboxylic acids is 2. The molecule has 186 valence electrons. The molecule has 0 aliphatic carbocycles. The molecule has 2 amide bonds. The largest absolute Gasteiger partial charge is 0.496 e. The van der Waals surface area contributed by atoms with Gasteiger partial charge >= 0.3 is 0 Å². The number of benzene rings is 2. The first kappa shape index (κ1) is 23.8. The molecule has 7 heteroatoms. The first-order chi connectivity index (χ1) is 17.0. The van der Waals surface area contributed by atoms with Gasteiger partial charge in [-0.15, -0.1) is 0 Å². The van der Waals surface area contributed by atoms with E-state index in [1.165, 1.54) is 5.56 Å². The van der Waals surface area contributed by atoms with E-state index in [0.29, 0.717) is 19.4 Å². The van der Waals surface area contributed by atoms with Crippen molar-refractivity contribution in [3.05, 3.63) is 59.2 Å². The van der Waals surface area contributed by atoms with Crippen LogP contribution in [0.2, 0.25) is 0 Å². The molecule has 5 rings (SSSR count). The number of rotatable bonds is 7. The first-order valence-electron chi connectivity index (χ1n) is 12.8. The van der Waals surface area contributed by atoms with Crippen molar-refractivity contribution in [2.75, 3.05) is 32.1 Å². The van der Waals surface area contributed by atoms with E-state index in [-0.39, 0.29) is 29.9 Å². The molecule has 2 N–H and O–H groups in total. The lowest BCUT2D eigenvalue weighted by atomic mass is 9.89. The Bertz CT molecular complexity index is 1070. The number of hydrogen-bond acceptors (Lipinski definition) is 5. The Labute approximate surface area is 207 Å². The van der Waals surface area contributed by atoms with Crippen LogP contribution >= 0.6 is 0 Å². The number of nitrogens with zero attached hydrogens (tertiary/aromatic N) is 2. The van der Waals surface area contributed by atoms with Gasteiger partial charge in [-0.05, 0) is 55.5 Å². The summed E-state index contributed by atoms with van der Waals surface area (Å²) in [6.07, 6.45) is 5.04. The molecule has 2 aromatic carbocycles. The molecule has 0 bridgehead atoms. The zero-order chi connectivity index (χ0) is 24.4. The number of hydrogen-bond donors (Lipinski definition) is 2. The summed E-state index contributed by atoms with van der Waals surface area (Å²) in [6.45, 7) is 2.57. The maximum atomic E-state index is 12.3. The van der Waals surface area contributed by atoms with Crippen molar-refractivity contribution in [2.24, 2.45) is 0 Å². The number of nitrogens with one attached hydrogen (secondary N) is 2. The summed E-state index contributed by atoms with van der Waals surface area (Å²) in [5.74, 6) is 1.20. The van der Waals surface area contributed by atoms with E-state index in [1.807, 2.05) is 7.05 Å². The minimum atomic E-state index is 0.160. The van der Waals surface area contributed by atoms with E-state index >= 15 is 0 Å². The smallest absolute Gasteiger partial charge is 0.227 e. The quantitative estimate of drug-likeness (QED) is 0.642. The SMILES string of the molecule is COc1cc2c(cc1CN[C@H]1CCCN(CC3CCC(=O)N3)[C@H]1c1ccccc1)N(C)C(=O)CC2. The second-order valence-electron chi connectivity index (χ2n) is 10.0. The molecule has 35 heavy (non-hydrogen) atoms. The monoisotopic (exact) mass is 476 g/mol. The van der Waals surface area contributed by atoms with Crippen molar-refractivity contribution in [1.82, 2.24) is 15.5 Å². The van der Waals surface area contributed by atoms with Crippen molar-refractivity contribution in [3.63, 3.8) is 0 Å². The average Bonchev–Trinajstić information content (AvgIpc) is 3.29. The number of fused-ring (bicyclic) bond motifs is 1. The minimum Gasteiger partial charge on any atom is -0.496 e. The second-order valence-corrected chi connectivity index (χ2v) is 10.0. The summed E-state index contributed by atoms with van der Waals surface area (Å²) < 4.78 is 5.75. The van der Waals surface area contributed by atoms with Crippen LogP contribution in [0, 0.1) is 0 Å². The minimum absolute atomic E-state index is 0.160. The number of aryl methyl sites for hydroxylation is 1. The summed E-state index contributed by atoms with van der Waals surface area (Å²) in [7, 11) is 3.57. The van der Waals surface area contributed by atoms with Crippen molar-refractivity contribution >= 4 is 17.5 Å². The number of piperidine rings is 1. The maximum Gasteiger partial charge on any atom is 0.227 e. The lowest BCUT2D eigenvalue weighted by Crippen LogP contribution is -2.51. The number of amides is 2. The van der Waals surface area contributed by atoms with E-state index in [2.05, 4.69) is 58.0 Å². The van der Waals surface area contributed by atoms with Crippen LogP contribution in [0.25, 0.3) is 0 Å². The third-order valence-electron chi connectivity index (χ3n) is 7.80. The molecule has 3 heterocycles. The highest BCUT2D eigenvalue weighted by Gasteiger charge is 2.35. The Morgan fingerprint density at radius 3 is 2.66 bits per heavy atom. The van der Waals surface area contributed by atoms with Gasteiger partial charge in [-0.3, -0.25) is 14.5 Å². The summed E-state index contributed by atoms with van der Waals surface area (Å²) >= 11 is 0. The number of methoxy groups -OCH3 is 1. The van der Waals surface area contributed by atoms with Gasteiger partial charge in [0.05, 0.1) is 13.2 Å². The van der Waals surface area contributed by atoms with Gasteiger partial charge in [-0.1, -0.05) is 30.3 Å². The summed E-state index contributed by atoms with van der Waals surface area (Å²) in [6, 6.07) is 15.6. The highest BCUT2D eigenvalue weighted by atomic mass is 16.5. The zero-order valence-corrected chi connectivity index (χ0v) is 20.8. The number of anilines is 1. The Kier molecular flexibility index (Phi) is 7.07. The van der Waals surface area contributed by atoms with Crippen LogP contribution in [0.5, 0.6) is 5.75 Å². The molecular formula is C28H36N4O3. The van der Waals surface area contributed by atoms with Gasteiger partial charge in [0.2, 0.25) is 11.8 Å². The third-order valence-corrected chi connectivity index (χ3v) is 7.80. The molecule has 2 aromatic rings. The molecule has 0 spiro atoms. The molecule has 0 saturated carbocycles. The van der Waals surface area contributed by atoms with Gasteiger partial charge in [-0.25, -0.2) is 0 Å². The Morgan fingerprint density at radius 2 is 1.91 bits per heavy atom. The molecule has 7 nitrogen and oxygen atoms in total. The molecule has 3 aliphatic rings. The molecule has 3 atom stereocenters. The lowest BCUT2D eigenvalue weighted by Gasteiger charge is -2.43. The Morgan fingerprint density at radius 1 is 1.09 bits per heavy atom. The van der Waals surface area contributed by atoms with Crippen molar-refractivity contribution in [1.29, 1.82) is 0 Å². The van der Waals surface area contributed by atoms with E-state index in [4.69, 9.17) is 4.74 Å². The van der Waals surface area contributed by atoms with Crippen LogP contribution in [-0.2, 0) is 22.6 Å². The van der Waals surface area contributed by atoms with Crippen LogP contribution in [-0.4, -0.2) is 56.0 Å². The summed E-state index contributed by atoms with van der Waals surface area (Å²) in [4.78, 5) is 28.4. The molecule has 0 aromatic heterocycles. The fourth-order valence-corrected chi connectivity index (χ4v) is 5.95. The second kappa shape index (κ2) is 10.4. The van der Waals surface area contributed by atoms with Crippen molar-refractivity contribution in [3.8, 4) is 5.75 Å². The van der Waals surface area contributed by atoms with Gasteiger partial charge in [0.15, 0.2) is 0 Å². The van der Waals surface area contributed by atoms with Gasteiger partial charge < -0.3 is 20.3 Å². The summed E-state index contributed by atoms with van der Waals surface area (Å²) in [5.41, 5.74) is 4.52. The van der Waals surface area contributed by atoms with E-state index in [0.717, 1.165) is 61.3 Å². The van der Waals surface area contributed by atoms with Crippen LogP contribution < -0.4 is 20.3 Å². The van der Waals surface area contributed by atoms with Gasteiger partial charge in [-0.2, -0.15) is 0 Å². The number of carbonyl (C=O) groups is 2. The van der Waals surface area contributed by atoms with Gasteiger partial charge in [0, 0.05) is 56.3 Å². The zero-order valence-electron chi connectivity index (χ0n) is 20.8. The fraction of sp³-hybridized carbons (Fsp3) is 0.500. The average molecular weight is 477 g/mol. The Hall–Kier alpha value is -2.90. The highest BCUT2D eigenvalue weighted by Crippen LogP contribution is 2.35. The van der Waals surface area contributed by atoms with E-state index in [1.54, 1.807) is 12.0 Å². The van der Waals surface area contributed by atoms with Gasteiger partial charge in [0.25, 0.3) is 0 Å².